The second-order valence-electron chi connectivity index (χ2n) is 5.13. The van der Waals surface area contributed by atoms with Crippen LogP contribution in [0.2, 0.25) is 0 Å². The van der Waals surface area contributed by atoms with Crippen molar-refractivity contribution in [1.29, 1.82) is 0 Å². The number of nitrogens with two attached hydrogens (primary N) is 1. The molecule has 1 amide bonds. The first-order chi connectivity index (χ1) is 10.1. The maximum absolute atomic E-state index is 12.0. The minimum atomic E-state index is -0.174. The van der Waals surface area contributed by atoms with Crippen molar-refractivity contribution in [3.8, 4) is 11.3 Å². The zero-order valence-electron chi connectivity index (χ0n) is 11.3. The smallest absolute Gasteiger partial charge is 0.264 e. The Hall–Kier alpha value is -2.60. The van der Waals surface area contributed by atoms with Crippen LogP contribution in [0.3, 0.4) is 0 Å². The topological polar surface area (TPSA) is 104 Å². The van der Waals surface area contributed by atoms with Crippen molar-refractivity contribution in [2.75, 3.05) is 5.32 Å². The summed E-state index contributed by atoms with van der Waals surface area (Å²) in [6, 6.07) is 8.73. The molecule has 3 rings (SSSR count). The van der Waals surface area contributed by atoms with Crippen LogP contribution < -0.4 is 16.6 Å². The van der Waals surface area contributed by atoms with Crippen molar-refractivity contribution < 1.29 is 4.79 Å². The Morgan fingerprint density at radius 1 is 1.19 bits per heavy atom. The molecule has 0 saturated heterocycles. The maximum Gasteiger partial charge on any atom is 0.264 e. The Bertz CT molecular complexity index is 727. The third-order valence-corrected chi connectivity index (χ3v) is 3.51. The van der Waals surface area contributed by atoms with E-state index in [1.165, 1.54) is 6.07 Å². The monoisotopic (exact) mass is 284 g/mol. The number of carbonyl (C=O) groups is 1. The highest BCUT2D eigenvalue weighted by Crippen LogP contribution is 2.21. The minimum Gasteiger partial charge on any atom is -0.326 e. The molecule has 1 aliphatic rings. The van der Waals surface area contributed by atoms with Crippen molar-refractivity contribution in [2.45, 2.75) is 12.5 Å². The van der Waals surface area contributed by atoms with Crippen LogP contribution in [0.4, 0.5) is 5.69 Å². The van der Waals surface area contributed by atoms with E-state index in [2.05, 4.69) is 15.5 Å². The number of hydrogen-bond acceptors (Lipinski definition) is 3. The van der Waals surface area contributed by atoms with Gasteiger partial charge in [-0.2, -0.15) is 0 Å². The fourth-order valence-electron chi connectivity index (χ4n) is 2.38. The molecule has 1 aromatic carbocycles. The molecule has 2 atom stereocenters. The van der Waals surface area contributed by atoms with Gasteiger partial charge in [-0.05, 0) is 24.1 Å². The molecular weight excluding hydrogens is 268 g/mol. The highest BCUT2D eigenvalue weighted by Gasteiger charge is 2.22. The number of nitrogens with one attached hydrogen (secondary N) is 3. The Kier molecular flexibility index (Phi) is 3.45. The first-order valence-corrected chi connectivity index (χ1v) is 6.75. The lowest BCUT2D eigenvalue weighted by Crippen LogP contribution is -2.23. The van der Waals surface area contributed by atoms with Crippen molar-refractivity contribution in [1.82, 2.24) is 10.2 Å². The van der Waals surface area contributed by atoms with E-state index < -0.39 is 0 Å². The zero-order valence-corrected chi connectivity index (χ0v) is 11.3. The number of benzene rings is 1. The van der Waals surface area contributed by atoms with Gasteiger partial charge in [-0.1, -0.05) is 24.3 Å². The second-order valence-corrected chi connectivity index (χ2v) is 5.13. The van der Waals surface area contributed by atoms with Gasteiger partial charge in [0.05, 0.1) is 11.6 Å². The summed E-state index contributed by atoms with van der Waals surface area (Å²) in [5.74, 6) is -0.220. The molecule has 0 spiro atoms. The van der Waals surface area contributed by atoms with Gasteiger partial charge in [0.1, 0.15) is 0 Å². The molecule has 0 bridgehead atoms. The number of H-pyrrole nitrogens is 2. The average Bonchev–Trinajstić information content (AvgIpc) is 3.08. The molecule has 2 unspecified atom stereocenters. The number of hydrogen-bond donors (Lipinski definition) is 4. The van der Waals surface area contributed by atoms with Crippen molar-refractivity contribution >= 4 is 11.6 Å². The Labute approximate surface area is 121 Å². The molecule has 6 nitrogen and oxygen atoms in total. The van der Waals surface area contributed by atoms with E-state index in [9.17, 15) is 9.59 Å². The average molecular weight is 284 g/mol. The van der Waals surface area contributed by atoms with Gasteiger partial charge in [0.15, 0.2) is 0 Å². The Morgan fingerprint density at radius 2 is 1.95 bits per heavy atom. The fraction of sp³-hybridized carbons (Fsp3) is 0.200. The third-order valence-electron chi connectivity index (χ3n) is 3.51. The molecular formula is C15H16N4O2. The lowest BCUT2D eigenvalue weighted by atomic mass is 10.1. The lowest BCUT2D eigenvalue weighted by molar-refractivity contribution is -0.118. The summed E-state index contributed by atoms with van der Waals surface area (Å²) in [6.45, 7) is 0. The Morgan fingerprint density at radius 3 is 2.52 bits per heavy atom. The lowest BCUT2D eigenvalue weighted by Gasteiger charge is -2.10. The van der Waals surface area contributed by atoms with Crippen LogP contribution in [0, 0.1) is 5.92 Å². The number of aromatic nitrogens is 2. The van der Waals surface area contributed by atoms with Gasteiger partial charge >= 0.3 is 0 Å². The number of amides is 1. The fourth-order valence-corrected chi connectivity index (χ4v) is 2.38. The molecule has 0 aliphatic heterocycles. The predicted molar refractivity (Wildman–Crippen MR) is 80.7 cm³/mol. The molecule has 6 heteroatoms. The molecule has 2 aromatic rings. The normalized spacial score (nSPS) is 20.6. The van der Waals surface area contributed by atoms with Gasteiger partial charge in [-0.15, -0.1) is 0 Å². The summed E-state index contributed by atoms with van der Waals surface area (Å²) in [7, 11) is 0. The highest BCUT2D eigenvalue weighted by atomic mass is 16.2. The van der Waals surface area contributed by atoms with E-state index in [-0.39, 0.29) is 23.4 Å². The van der Waals surface area contributed by atoms with Crippen LogP contribution in [0.5, 0.6) is 0 Å². The zero-order chi connectivity index (χ0) is 14.8. The third kappa shape index (κ3) is 2.95. The van der Waals surface area contributed by atoms with Crippen LogP contribution in [-0.4, -0.2) is 22.1 Å². The molecule has 0 radical (unpaired) electrons. The molecule has 1 heterocycles. The number of anilines is 1. The SMILES string of the molecule is NC1C=CC(C(=O)Nc2ccc(-c3cc(=O)[nH][nH]3)cc2)C1. The molecule has 1 aromatic heterocycles. The number of aromatic amines is 2. The summed E-state index contributed by atoms with van der Waals surface area (Å²) in [4.78, 5) is 23.1. The minimum absolute atomic E-state index is 0.0338. The molecule has 108 valence electrons. The van der Waals surface area contributed by atoms with Gasteiger partial charge in [0, 0.05) is 17.8 Å². The summed E-state index contributed by atoms with van der Waals surface area (Å²) in [5, 5.41) is 8.13. The summed E-state index contributed by atoms with van der Waals surface area (Å²) in [5.41, 5.74) is 7.87. The highest BCUT2D eigenvalue weighted by molar-refractivity contribution is 5.94. The van der Waals surface area contributed by atoms with Crippen LogP contribution >= 0.6 is 0 Å². The van der Waals surface area contributed by atoms with E-state index in [0.29, 0.717) is 12.1 Å². The van der Waals surface area contributed by atoms with Gasteiger partial charge in [0.2, 0.25) is 5.91 Å². The van der Waals surface area contributed by atoms with E-state index in [1.54, 1.807) is 12.1 Å². The molecule has 21 heavy (non-hydrogen) atoms. The number of carbonyl (C=O) groups excluding carboxylic acids is 1. The van der Waals surface area contributed by atoms with E-state index in [0.717, 1.165) is 11.3 Å². The van der Waals surface area contributed by atoms with Gasteiger partial charge in [0.25, 0.3) is 5.56 Å². The van der Waals surface area contributed by atoms with Crippen molar-refractivity contribution in [3.05, 3.63) is 52.8 Å². The largest absolute Gasteiger partial charge is 0.326 e. The van der Waals surface area contributed by atoms with Crippen LogP contribution in [0.25, 0.3) is 11.3 Å². The van der Waals surface area contributed by atoms with Crippen LogP contribution in [0.1, 0.15) is 6.42 Å². The first kappa shape index (κ1) is 13.4. The first-order valence-electron chi connectivity index (χ1n) is 6.75. The molecule has 0 fully saturated rings. The van der Waals surface area contributed by atoms with Gasteiger partial charge in [-0.25, -0.2) is 0 Å². The number of rotatable bonds is 3. The van der Waals surface area contributed by atoms with E-state index in [1.807, 2.05) is 24.3 Å². The van der Waals surface area contributed by atoms with Crippen LogP contribution in [0.15, 0.2) is 47.3 Å². The summed E-state index contributed by atoms with van der Waals surface area (Å²) in [6.07, 6.45) is 4.35. The maximum atomic E-state index is 12.0. The van der Waals surface area contributed by atoms with Crippen molar-refractivity contribution in [2.24, 2.45) is 11.7 Å². The molecule has 1 aliphatic carbocycles. The molecule has 0 saturated carbocycles. The van der Waals surface area contributed by atoms with Gasteiger partial charge < -0.3 is 11.1 Å². The standard InChI is InChI=1S/C15H16N4O2/c16-11-4-1-10(7-11)15(21)17-12-5-2-9(3-6-12)13-8-14(20)19-18-13/h1-6,8,10-11H,7,16H2,(H,17,21)(H2,18,19,20). The van der Waals surface area contributed by atoms with Crippen LogP contribution in [-0.2, 0) is 4.79 Å². The van der Waals surface area contributed by atoms with Gasteiger partial charge in [-0.3, -0.25) is 19.8 Å². The Balaban J connectivity index is 1.68. The van der Waals surface area contributed by atoms with E-state index in [4.69, 9.17) is 5.73 Å². The summed E-state index contributed by atoms with van der Waals surface area (Å²) < 4.78 is 0. The second kappa shape index (κ2) is 5.41. The summed E-state index contributed by atoms with van der Waals surface area (Å²) >= 11 is 0. The van der Waals surface area contributed by atoms with E-state index >= 15 is 0 Å². The quantitative estimate of drug-likeness (QED) is 0.637. The predicted octanol–water partition coefficient (Wildman–Crippen LogP) is 1.21. The molecule has 5 N–H and O–H groups in total. The van der Waals surface area contributed by atoms with Crippen molar-refractivity contribution in [3.63, 3.8) is 0 Å².